The molecule has 0 unspecified atom stereocenters. The summed E-state index contributed by atoms with van der Waals surface area (Å²) in [6.45, 7) is 1.13. The van der Waals surface area contributed by atoms with Gasteiger partial charge in [-0.15, -0.1) is 0 Å². The summed E-state index contributed by atoms with van der Waals surface area (Å²) in [5.74, 6) is 0.675. The second kappa shape index (κ2) is 4.05. The van der Waals surface area contributed by atoms with Crippen molar-refractivity contribution < 1.29 is 4.79 Å². The summed E-state index contributed by atoms with van der Waals surface area (Å²) < 4.78 is 0. The summed E-state index contributed by atoms with van der Waals surface area (Å²) in [6.07, 6.45) is 3.01. The van der Waals surface area contributed by atoms with Crippen LogP contribution in [-0.4, -0.2) is 28.8 Å². The maximum Gasteiger partial charge on any atom is 0.226 e. The van der Waals surface area contributed by atoms with Gasteiger partial charge in [-0.3, -0.25) is 4.79 Å². The van der Waals surface area contributed by atoms with E-state index in [0.717, 1.165) is 13.0 Å². The molecule has 0 radical (unpaired) electrons. The highest BCUT2D eigenvalue weighted by molar-refractivity contribution is 5.84. The van der Waals surface area contributed by atoms with Gasteiger partial charge in [0.05, 0.1) is 6.54 Å². The smallest absolute Gasteiger partial charge is 0.226 e. The van der Waals surface area contributed by atoms with Crippen LogP contribution in [0.15, 0.2) is 12.3 Å². The maximum atomic E-state index is 11.2. The van der Waals surface area contributed by atoms with E-state index in [0.29, 0.717) is 24.6 Å². The van der Waals surface area contributed by atoms with Gasteiger partial charge in [-0.25, -0.2) is 9.97 Å². The predicted molar refractivity (Wildman–Crippen MR) is 53.2 cm³/mol. The third-order valence-corrected chi connectivity index (χ3v) is 2.29. The lowest BCUT2D eigenvalue weighted by molar-refractivity contribution is -0.118. The van der Waals surface area contributed by atoms with Crippen LogP contribution in [0.25, 0.3) is 0 Å². The fourth-order valence-corrected chi connectivity index (χ4v) is 1.57. The van der Waals surface area contributed by atoms with E-state index in [-0.39, 0.29) is 5.78 Å². The first-order valence-corrected chi connectivity index (χ1v) is 4.79. The molecule has 15 heavy (non-hydrogen) atoms. The van der Waals surface area contributed by atoms with Crippen molar-refractivity contribution in [3.05, 3.63) is 18.0 Å². The summed E-state index contributed by atoms with van der Waals surface area (Å²) in [7, 11) is 0. The Morgan fingerprint density at radius 3 is 3.13 bits per heavy atom. The van der Waals surface area contributed by atoms with Crippen LogP contribution in [-0.2, 0) is 4.79 Å². The van der Waals surface area contributed by atoms with Crippen molar-refractivity contribution in [1.82, 2.24) is 9.97 Å². The zero-order chi connectivity index (χ0) is 10.7. The fraction of sp³-hybridized carbons (Fsp3) is 0.400. The van der Waals surface area contributed by atoms with Gasteiger partial charge in [0.1, 0.15) is 11.8 Å². The number of carbonyl (C=O) groups is 1. The molecule has 1 aromatic heterocycles. The molecule has 0 amide bonds. The molecule has 1 fully saturated rings. The highest BCUT2D eigenvalue weighted by Gasteiger charge is 2.18. The van der Waals surface area contributed by atoms with Gasteiger partial charge in [-0.2, -0.15) is 5.26 Å². The van der Waals surface area contributed by atoms with Gasteiger partial charge in [0.2, 0.25) is 5.95 Å². The highest BCUT2D eigenvalue weighted by atomic mass is 16.1. The Morgan fingerprint density at radius 2 is 2.40 bits per heavy atom. The first-order chi connectivity index (χ1) is 7.29. The maximum absolute atomic E-state index is 11.2. The van der Waals surface area contributed by atoms with Crippen LogP contribution in [0, 0.1) is 11.3 Å². The van der Waals surface area contributed by atoms with Crippen molar-refractivity contribution >= 4 is 11.7 Å². The van der Waals surface area contributed by atoms with Crippen molar-refractivity contribution in [1.29, 1.82) is 5.26 Å². The van der Waals surface area contributed by atoms with Crippen LogP contribution in [0.4, 0.5) is 5.95 Å². The van der Waals surface area contributed by atoms with Crippen molar-refractivity contribution in [2.24, 2.45) is 0 Å². The zero-order valence-electron chi connectivity index (χ0n) is 8.18. The Morgan fingerprint density at radius 1 is 1.53 bits per heavy atom. The number of nitriles is 1. The third kappa shape index (κ3) is 2.10. The largest absolute Gasteiger partial charge is 0.333 e. The molecule has 0 bridgehead atoms. The molecule has 0 saturated carbocycles. The normalized spacial score (nSPS) is 16.2. The average molecular weight is 202 g/mol. The topological polar surface area (TPSA) is 69.9 Å². The van der Waals surface area contributed by atoms with Crippen molar-refractivity contribution in [3.63, 3.8) is 0 Å². The average Bonchev–Trinajstić information content (AvgIpc) is 2.29. The molecule has 2 rings (SSSR count). The fourth-order valence-electron chi connectivity index (χ4n) is 1.57. The summed E-state index contributed by atoms with van der Waals surface area (Å²) in [5, 5.41) is 8.69. The standard InChI is InChI=1S/C10H10N4O/c11-6-8-3-4-12-10(13-8)14-5-1-2-9(15)7-14/h3-4H,1-2,5,7H2. The highest BCUT2D eigenvalue weighted by Crippen LogP contribution is 2.13. The molecule has 5 heteroatoms. The monoisotopic (exact) mass is 202 g/mol. The molecule has 1 aliphatic heterocycles. The van der Waals surface area contributed by atoms with E-state index in [1.165, 1.54) is 0 Å². The number of rotatable bonds is 1. The Balaban J connectivity index is 2.21. The van der Waals surface area contributed by atoms with Gasteiger partial charge < -0.3 is 4.90 Å². The molecule has 0 spiro atoms. The molecular weight excluding hydrogens is 192 g/mol. The minimum atomic E-state index is 0.201. The molecule has 1 aliphatic rings. The molecule has 0 aliphatic carbocycles. The zero-order valence-corrected chi connectivity index (χ0v) is 8.18. The molecule has 0 atom stereocenters. The summed E-state index contributed by atoms with van der Waals surface area (Å²) >= 11 is 0. The Labute approximate surface area is 87.4 Å². The third-order valence-electron chi connectivity index (χ3n) is 2.29. The molecule has 1 saturated heterocycles. The predicted octanol–water partition coefficient (Wildman–Crippen LogP) is 0.518. The van der Waals surface area contributed by atoms with Crippen LogP contribution in [0.1, 0.15) is 18.5 Å². The van der Waals surface area contributed by atoms with Gasteiger partial charge in [0, 0.05) is 19.2 Å². The second-order valence-corrected chi connectivity index (χ2v) is 3.42. The first kappa shape index (κ1) is 9.59. The van der Waals surface area contributed by atoms with E-state index in [2.05, 4.69) is 9.97 Å². The van der Waals surface area contributed by atoms with Crippen LogP contribution < -0.4 is 4.90 Å². The van der Waals surface area contributed by atoms with Gasteiger partial charge in [-0.1, -0.05) is 0 Å². The first-order valence-electron chi connectivity index (χ1n) is 4.79. The molecule has 0 aromatic carbocycles. The SMILES string of the molecule is N#Cc1ccnc(N2CCCC(=O)C2)n1. The summed E-state index contributed by atoms with van der Waals surface area (Å²) in [6, 6.07) is 3.51. The lowest BCUT2D eigenvalue weighted by Crippen LogP contribution is -2.36. The molecule has 5 nitrogen and oxygen atoms in total. The summed E-state index contributed by atoms with van der Waals surface area (Å²) in [5.41, 5.74) is 0.332. The number of Topliss-reactive ketones (excluding diaryl/α,β-unsaturated/α-hetero) is 1. The summed E-state index contributed by atoms with van der Waals surface area (Å²) in [4.78, 5) is 21.2. The second-order valence-electron chi connectivity index (χ2n) is 3.42. The number of piperidine rings is 1. The molecular formula is C10H10N4O. The van der Waals surface area contributed by atoms with E-state index in [9.17, 15) is 4.79 Å². The molecule has 76 valence electrons. The van der Waals surface area contributed by atoms with Crippen LogP contribution in [0.5, 0.6) is 0 Å². The van der Waals surface area contributed by atoms with Gasteiger partial charge in [-0.05, 0) is 12.5 Å². The van der Waals surface area contributed by atoms with E-state index in [1.54, 1.807) is 12.3 Å². The van der Waals surface area contributed by atoms with Gasteiger partial charge in [0.25, 0.3) is 0 Å². The minimum Gasteiger partial charge on any atom is -0.333 e. The van der Waals surface area contributed by atoms with Crippen LogP contribution in [0.3, 0.4) is 0 Å². The van der Waals surface area contributed by atoms with E-state index < -0.39 is 0 Å². The Bertz CT molecular complexity index is 424. The lowest BCUT2D eigenvalue weighted by atomic mass is 10.1. The van der Waals surface area contributed by atoms with Crippen LogP contribution in [0.2, 0.25) is 0 Å². The van der Waals surface area contributed by atoms with Gasteiger partial charge >= 0.3 is 0 Å². The van der Waals surface area contributed by atoms with Crippen molar-refractivity contribution in [2.75, 3.05) is 18.0 Å². The minimum absolute atomic E-state index is 0.201. The van der Waals surface area contributed by atoms with Gasteiger partial charge in [0.15, 0.2) is 5.78 Å². The van der Waals surface area contributed by atoms with Crippen LogP contribution >= 0.6 is 0 Å². The van der Waals surface area contributed by atoms with E-state index >= 15 is 0 Å². The number of hydrogen-bond acceptors (Lipinski definition) is 5. The Hall–Kier alpha value is -1.96. The molecule has 2 heterocycles. The van der Waals surface area contributed by atoms with Crippen molar-refractivity contribution in [3.8, 4) is 6.07 Å². The number of aromatic nitrogens is 2. The van der Waals surface area contributed by atoms with E-state index in [1.807, 2.05) is 11.0 Å². The Kier molecular flexibility index (Phi) is 2.59. The quantitative estimate of drug-likeness (QED) is 0.663. The number of anilines is 1. The molecule has 0 N–H and O–H groups in total. The lowest BCUT2D eigenvalue weighted by Gasteiger charge is -2.25. The number of nitrogens with zero attached hydrogens (tertiary/aromatic N) is 4. The number of ketones is 1. The molecule has 1 aromatic rings. The van der Waals surface area contributed by atoms with Crippen molar-refractivity contribution in [2.45, 2.75) is 12.8 Å². The van der Waals surface area contributed by atoms with E-state index in [4.69, 9.17) is 5.26 Å². The number of hydrogen-bond donors (Lipinski definition) is 0. The number of carbonyl (C=O) groups excluding carboxylic acids is 1.